The molecule has 0 radical (unpaired) electrons. The predicted octanol–water partition coefficient (Wildman–Crippen LogP) is 0.652. The Kier molecular flexibility index (Phi) is 4.12. The number of Topliss-reactive ketones (excluding diaryl/α,β-unsaturated/α-hetero) is 1. The van der Waals surface area contributed by atoms with E-state index in [0.29, 0.717) is 12.8 Å². The van der Waals surface area contributed by atoms with Gasteiger partial charge in [0.25, 0.3) is 0 Å². The molecule has 4 heteroatoms. The summed E-state index contributed by atoms with van der Waals surface area (Å²) in [5.74, 6) is -0.0378. The molecule has 0 aromatic heterocycles. The Morgan fingerprint density at radius 3 is 2.59 bits per heavy atom. The minimum Gasteiger partial charge on any atom is -0.393 e. The molecule has 17 heavy (non-hydrogen) atoms. The molecule has 0 aromatic carbocycles. The lowest BCUT2D eigenvalue weighted by Crippen LogP contribution is -2.53. The van der Waals surface area contributed by atoms with Crippen molar-refractivity contribution in [3.63, 3.8) is 0 Å². The van der Waals surface area contributed by atoms with Gasteiger partial charge in [0.2, 0.25) is 0 Å². The van der Waals surface area contributed by atoms with Crippen LogP contribution >= 0.6 is 0 Å². The lowest BCUT2D eigenvalue weighted by atomic mass is 9.60. The van der Waals surface area contributed by atoms with Crippen LogP contribution in [0.2, 0.25) is 0 Å². The number of hydrogen-bond acceptors (Lipinski definition) is 4. The van der Waals surface area contributed by atoms with Gasteiger partial charge in [-0.1, -0.05) is 32.9 Å². The molecule has 0 heterocycles. The zero-order valence-electron chi connectivity index (χ0n) is 10.7. The topological polar surface area (TPSA) is 77.8 Å². The van der Waals surface area contributed by atoms with Gasteiger partial charge >= 0.3 is 0 Å². The zero-order valence-corrected chi connectivity index (χ0v) is 10.7. The normalized spacial score (nSPS) is 35.2. The van der Waals surface area contributed by atoms with Gasteiger partial charge < -0.3 is 15.3 Å². The Balaban J connectivity index is 2.98. The maximum absolute atomic E-state index is 11.5. The molecule has 1 unspecified atom stereocenters. The van der Waals surface area contributed by atoms with E-state index in [1.165, 1.54) is 12.2 Å². The number of aliphatic hydroxyl groups excluding tert-OH is 2. The fourth-order valence-electron chi connectivity index (χ4n) is 2.58. The van der Waals surface area contributed by atoms with Gasteiger partial charge in [0.15, 0.2) is 0 Å². The summed E-state index contributed by atoms with van der Waals surface area (Å²) in [5, 5.41) is 28.7. The summed E-state index contributed by atoms with van der Waals surface area (Å²) in [6, 6.07) is 0. The number of hydrogen-bond donors (Lipinski definition) is 3. The van der Waals surface area contributed by atoms with Gasteiger partial charge in [-0.25, -0.2) is 0 Å². The summed E-state index contributed by atoms with van der Waals surface area (Å²) < 4.78 is 0. The second-order valence-electron chi connectivity index (χ2n) is 5.64. The Hall–Kier alpha value is -0.710. The molecule has 0 amide bonds. The van der Waals surface area contributed by atoms with Crippen molar-refractivity contribution in [3.8, 4) is 0 Å². The molecule has 0 spiro atoms. The lowest BCUT2D eigenvalue weighted by molar-refractivity contribution is -0.142. The quantitative estimate of drug-likeness (QED) is 0.635. The molecule has 98 valence electrons. The van der Waals surface area contributed by atoms with Crippen LogP contribution in [0.4, 0.5) is 0 Å². The molecule has 1 saturated carbocycles. The molecule has 4 nitrogen and oxygen atoms in total. The van der Waals surface area contributed by atoms with Crippen molar-refractivity contribution in [2.75, 3.05) is 6.61 Å². The summed E-state index contributed by atoms with van der Waals surface area (Å²) in [5.41, 5.74) is -1.69. The third kappa shape index (κ3) is 2.76. The van der Waals surface area contributed by atoms with Gasteiger partial charge in [-0.15, -0.1) is 0 Å². The second kappa shape index (κ2) is 4.88. The van der Waals surface area contributed by atoms with E-state index in [9.17, 15) is 15.0 Å². The number of carbonyl (C=O) groups excluding carboxylic acids is 1. The van der Waals surface area contributed by atoms with Crippen LogP contribution in [-0.4, -0.2) is 39.4 Å². The van der Waals surface area contributed by atoms with Crippen LogP contribution in [0, 0.1) is 11.3 Å². The molecule has 0 saturated heterocycles. The summed E-state index contributed by atoms with van der Waals surface area (Å²) in [4.78, 5) is 11.5. The average Bonchev–Trinajstić information content (AvgIpc) is 2.22. The minimum absolute atomic E-state index is 0.156. The van der Waals surface area contributed by atoms with Crippen molar-refractivity contribution < 1.29 is 20.1 Å². The summed E-state index contributed by atoms with van der Waals surface area (Å²) in [6.07, 6.45) is 2.63. The molecular weight excluding hydrogens is 220 g/mol. The maximum Gasteiger partial charge on any atom is 0.133 e. The van der Waals surface area contributed by atoms with Crippen molar-refractivity contribution in [2.24, 2.45) is 11.3 Å². The van der Waals surface area contributed by atoms with Crippen molar-refractivity contribution in [3.05, 3.63) is 12.2 Å². The minimum atomic E-state index is -1.13. The first-order chi connectivity index (χ1) is 7.73. The first kappa shape index (κ1) is 14.4. The van der Waals surface area contributed by atoms with Gasteiger partial charge in [-0.2, -0.15) is 0 Å². The molecule has 1 aliphatic rings. The molecule has 3 N–H and O–H groups in total. The lowest BCUT2D eigenvalue weighted by Gasteiger charge is -2.48. The summed E-state index contributed by atoms with van der Waals surface area (Å²) in [6.45, 7) is 5.14. The highest BCUT2D eigenvalue weighted by atomic mass is 16.3. The van der Waals surface area contributed by atoms with Gasteiger partial charge in [0, 0.05) is 18.3 Å². The highest BCUT2D eigenvalue weighted by Gasteiger charge is 2.50. The van der Waals surface area contributed by atoms with Crippen LogP contribution in [0.25, 0.3) is 0 Å². The molecular formula is C13H22O4. The number of carbonyl (C=O) groups is 1. The van der Waals surface area contributed by atoms with Crippen molar-refractivity contribution in [1.29, 1.82) is 0 Å². The summed E-state index contributed by atoms with van der Waals surface area (Å²) >= 11 is 0. The molecule has 1 rings (SSSR count). The van der Waals surface area contributed by atoms with E-state index in [4.69, 9.17) is 5.11 Å². The van der Waals surface area contributed by atoms with E-state index >= 15 is 0 Å². The standard InChI is InChI=1S/C13H22O4/c1-9-6-11(16)7-12(2,3)13(9,17)5-4-10(15)8-14/h4-5,9-10,14-15,17H,6-8H2,1-3H3/b5-4+/t9-,10?,13-/m1/s1. The number of rotatable bonds is 3. The zero-order chi connectivity index (χ0) is 13.3. The van der Waals surface area contributed by atoms with Crippen LogP contribution in [0.15, 0.2) is 12.2 Å². The van der Waals surface area contributed by atoms with Crippen LogP contribution in [0.1, 0.15) is 33.6 Å². The molecule has 0 aliphatic heterocycles. The van der Waals surface area contributed by atoms with Gasteiger partial charge in [0.1, 0.15) is 5.78 Å². The van der Waals surface area contributed by atoms with E-state index < -0.39 is 17.1 Å². The third-order valence-electron chi connectivity index (χ3n) is 3.77. The highest BCUT2D eigenvalue weighted by Crippen LogP contribution is 2.46. The fourth-order valence-corrected chi connectivity index (χ4v) is 2.58. The average molecular weight is 242 g/mol. The van der Waals surface area contributed by atoms with Crippen LogP contribution in [-0.2, 0) is 4.79 Å². The first-order valence-corrected chi connectivity index (χ1v) is 5.95. The Bertz CT molecular complexity index is 321. The van der Waals surface area contributed by atoms with Gasteiger partial charge in [-0.05, 0) is 5.92 Å². The Labute approximate surface area is 102 Å². The molecule has 3 atom stereocenters. The number of ketones is 1. The predicted molar refractivity (Wildman–Crippen MR) is 64.4 cm³/mol. The largest absolute Gasteiger partial charge is 0.393 e. The molecule has 0 aromatic rings. The SMILES string of the molecule is C[C@@H]1CC(=O)CC(C)(C)[C@@]1(O)/C=C/C(O)CO. The van der Waals surface area contributed by atoms with E-state index in [-0.39, 0.29) is 18.3 Å². The smallest absolute Gasteiger partial charge is 0.133 e. The molecule has 1 aliphatic carbocycles. The van der Waals surface area contributed by atoms with Crippen LogP contribution < -0.4 is 0 Å². The van der Waals surface area contributed by atoms with E-state index in [0.717, 1.165) is 0 Å². The second-order valence-corrected chi connectivity index (χ2v) is 5.64. The van der Waals surface area contributed by atoms with Crippen LogP contribution in [0.3, 0.4) is 0 Å². The van der Waals surface area contributed by atoms with E-state index in [1.54, 1.807) is 0 Å². The van der Waals surface area contributed by atoms with E-state index in [1.807, 2.05) is 20.8 Å². The monoisotopic (exact) mass is 242 g/mol. The highest BCUT2D eigenvalue weighted by molar-refractivity contribution is 5.81. The van der Waals surface area contributed by atoms with E-state index in [2.05, 4.69) is 0 Å². The van der Waals surface area contributed by atoms with Crippen LogP contribution in [0.5, 0.6) is 0 Å². The summed E-state index contributed by atoms with van der Waals surface area (Å²) in [7, 11) is 0. The first-order valence-electron chi connectivity index (χ1n) is 5.95. The van der Waals surface area contributed by atoms with Gasteiger partial charge in [-0.3, -0.25) is 4.79 Å². The Morgan fingerprint density at radius 2 is 2.12 bits per heavy atom. The maximum atomic E-state index is 11.5. The number of aliphatic hydroxyl groups is 3. The third-order valence-corrected chi connectivity index (χ3v) is 3.77. The Morgan fingerprint density at radius 1 is 1.53 bits per heavy atom. The van der Waals surface area contributed by atoms with Crippen molar-refractivity contribution >= 4 is 5.78 Å². The van der Waals surface area contributed by atoms with Gasteiger partial charge in [0.05, 0.1) is 18.3 Å². The van der Waals surface area contributed by atoms with Crippen molar-refractivity contribution in [2.45, 2.75) is 45.3 Å². The molecule has 0 bridgehead atoms. The molecule has 1 fully saturated rings. The fraction of sp³-hybridized carbons (Fsp3) is 0.769. The van der Waals surface area contributed by atoms with Crippen molar-refractivity contribution in [1.82, 2.24) is 0 Å².